The van der Waals surface area contributed by atoms with Crippen LogP contribution < -0.4 is 0 Å². The third-order valence-corrected chi connectivity index (χ3v) is 2.79. The van der Waals surface area contributed by atoms with Crippen molar-refractivity contribution in [3.8, 4) is 0 Å². The molecular weight excluding hydrogens is 303 g/mol. The van der Waals surface area contributed by atoms with E-state index in [-0.39, 0.29) is 40.8 Å². The van der Waals surface area contributed by atoms with Gasteiger partial charge in [-0.1, -0.05) is 26.7 Å². The monoisotopic (exact) mass is 319 g/mol. The molecule has 0 saturated heterocycles. The summed E-state index contributed by atoms with van der Waals surface area (Å²) in [6.45, 7) is 4.23. The Hall–Kier alpha value is 1.41. The molecule has 0 amide bonds. The van der Waals surface area contributed by atoms with Crippen molar-refractivity contribution in [1.29, 1.82) is 0 Å². The second-order valence-electron chi connectivity index (χ2n) is 2.95. The van der Waals surface area contributed by atoms with Gasteiger partial charge in [-0.25, -0.2) is 0 Å². The van der Waals surface area contributed by atoms with E-state index in [0.717, 1.165) is 12.8 Å². The molecule has 0 heterocycles. The van der Waals surface area contributed by atoms with Crippen molar-refractivity contribution in [3.05, 3.63) is 0 Å². The van der Waals surface area contributed by atoms with E-state index < -0.39 is 8.03 Å². The molecule has 0 radical (unpaired) electrons. The smallest absolute Gasteiger partial charge is 0.161 e. The molecule has 1 N–H and O–H groups in total. The minimum atomic E-state index is -1.91. The number of unbranched alkanes of at least 4 members (excludes halogenated alkanes) is 1. The zero-order chi connectivity index (χ0) is 8.69. The van der Waals surface area contributed by atoms with Gasteiger partial charge in [-0.2, -0.15) is 4.89 Å². The summed E-state index contributed by atoms with van der Waals surface area (Å²) < 4.78 is 10.5. The zero-order valence-corrected chi connectivity index (χ0v) is 12.0. The third kappa shape index (κ3) is 9.50. The van der Waals surface area contributed by atoms with Crippen molar-refractivity contribution in [1.82, 2.24) is 0 Å². The fourth-order valence-electron chi connectivity index (χ4n) is 1.14. The molecule has 0 aromatic rings. The molecule has 0 rings (SSSR count). The molecule has 2 nitrogen and oxygen atoms in total. The molecule has 0 spiro atoms. The minimum Gasteiger partial charge on any atom is -0.161 e. The van der Waals surface area contributed by atoms with Gasteiger partial charge in [-0.15, -0.1) is 0 Å². The summed E-state index contributed by atoms with van der Waals surface area (Å²) in [5.74, 6) is 0.462. The van der Waals surface area contributed by atoms with Crippen molar-refractivity contribution >= 4 is 8.03 Å². The Morgan fingerprint density at radius 1 is 1.42 bits per heavy atom. The Balaban J connectivity index is 0. The average Bonchev–Trinajstić information content (AvgIpc) is 1.97. The summed E-state index contributed by atoms with van der Waals surface area (Å²) in [5, 5.41) is 0. The minimum absolute atomic E-state index is 0. The molecular formula is C8H18NdO2P+. The molecule has 2 atom stereocenters. The summed E-state index contributed by atoms with van der Waals surface area (Å²) >= 11 is 0. The van der Waals surface area contributed by atoms with Gasteiger partial charge < -0.3 is 0 Å². The second kappa shape index (κ2) is 10.5. The van der Waals surface area contributed by atoms with E-state index in [2.05, 4.69) is 13.8 Å². The van der Waals surface area contributed by atoms with Crippen molar-refractivity contribution in [3.63, 3.8) is 0 Å². The fourth-order valence-corrected chi connectivity index (χ4v) is 2.02. The van der Waals surface area contributed by atoms with Gasteiger partial charge in [0.2, 0.25) is 0 Å². The first kappa shape index (κ1) is 15.9. The fraction of sp³-hybridized carbons (Fsp3) is 1.00. The molecule has 0 saturated carbocycles. The Labute approximate surface area is 109 Å². The predicted molar refractivity (Wildman–Crippen MR) is 48.0 cm³/mol. The van der Waals surface area contributed by atoms with Crippen LogP contribution in [0.5, 0.6) is 0 Å². The summed E-state index contributed by atoms with van der Waals surface area (Å²) in [6, 6.07) is 0. The molecule has 0 aliphatic rings. The van der Waals surface area contributed by atoms with Gasteiger partial charge in [0.05, 0.1) is 0 Å². The first-order valence-corrected chi connectivity index (χ1v) is 5.74. The van der Waals surface area contributed by atoms with Crippen molar-refractivity contribution in [2.24, 2.45) is 5.92 Å². The van der Waals surface area contributed by atoms with Crippen molar-refractivity contribution < 1.29 is 50.3 Å². The van der Waals surface area contributed by atoms with Crippen LogP contribution in [0.25, 0.3) is 0 Å². The van der Waals surface area contributed by atoms with E-state index in [4.69, 9.17) is 4.89 Å². The maximum atomic E-state index is 10.5. The largest absolute Gasteiger partial charge is 0.505 e. The van der Waals surface area contributed by atoms with Crippen LogP contribution in [-0.2, 0) is 4.57 Å². The normalized spacial score (nSPS) is 13.4. The van der Waals surface area contributed by atoms with Gasteiger partial charge >= 0.3 is 8.03 Å². The van der Waals surface area contributed by atoms with Gasteiger partial charge in [0.1, 0.15) is 0 Å². The van der Waals surface area contributed by atoms with Gasteiger partial charge in [-0.05, 0) is 17.4 Å². The maximum absolute atomic E-state index is 10.5. The van der Waals surface area contributed by atoms with Crippen LogP contribution in [-0.4, -0.2) is 11.1 Å². The molecule has 0 fully saturated rings. The number of hydrogen-bond donors (Lipinski definition) is 1. The van der Waals surface area contributed by atoms with Crippen LogP contribution in [0, 0.1) is 46.8 Å². The summed E-state index contributed by atoms with van der Waals surface area (Å²) in [5.41, 5.74) is 0. The van der Waals surface area contributed by atoms with E-state index in [0.29, 0.717) is 12.1 Å². The van der Waals surface area contributed by atoms with Crippen LogP contribution in [0.4, 0.5) is 0 Å². The summed E-state index contributed by atoms with van der Waals surface area (Å²) in [6.07, 6.45) is 4.99. The molecule has 2 unspecified atom stereocenters. The topological polar surface area (TPSA) is 37.3 Å². The summed E-state index contributed by atoms with van der Waals surface area (Å²) in [7, 11) is -1.91. The molecule has 0 aliphatic heterocycles. The van der Waals surface area contributed by atoms with Crippen LogP contribution >= 0.6 is 8.03 Å². The van der Waals surface area contributed by atoms with E-state index in [1.807, 2.05) is 0 Å². The number of hydrogen-bond acceptors (Lipinski definition) is 1. The van der Waals surface area contributed by atoms with Crippen LogP contribution in [0.3, 0.4) is 0 Å². The molecule has 70 valence electrons. The molecule has 12 heavy (non-hydrogen) atoms. The standard InChI is InChI=1S/C8H17O2P.Nd/c1-3-5-6-8(4-2)7-11(9)10;/h8H,3-7H2,1-2H3;/p+1. The number of rotatable bonds is 6. The molecule has 0 aromatic heterocycles. The summed E-state index contributed by atoms with van der Waals surface area (Å²) in [4.78, 5) is 8.66. The van der Waals surface area contributed by atoms with Gasteiger partial charge in [0, 0.05) is 46.8 Å². The Morgan fingerprint density at radius 3 is 2.33 bits per heavy atom. The van der Waals surface area contributed by atoms with E-state index in [9.17, 15) is 4.57 Å². The molecule has 0 bridgehead atoms. The average molecular weight is 321 g/mol. The Morgan fingerprint density at radius 2 is 2.00 bits per heavy atom. The third-order valence-electron chi connectivity index (χ3n) is 1.96. The van der Waals surface area contributed by atoms with Gasteiger partial charge in [0.15, 0.2) is 6.16 Å². The Bertz CT molecular complexity index is 120. The van der Waals surface area contributed by atoms with Gasteiger partial charge in [0.25, 0.3) is 0 Å². The Kier molecular flexibility index (Phi) is 13.9. The maximum Gasteiger partial charge on any atom is 0.505 e. The second-order valence-corrected chi connectivity index (χ2v) is 4.02. The molecule has 4 heteroatoms. The first-order chi connectivity index (χ1) is 5.20. The van der Waals surface area contributed by atoms with Crippen molar-refractivity contribution in [2.75, 3.05) is 6.16 Å². The zero-order valence-electron chi connectivity index (χ0n) is 7.92. The quantitative estimate of drug-likeness (QED) is 0.764. The first-order valence-electron chi connectivity index (χ1n) is 4.34. The van der Waals surface area contributed by atoms with Gasteiger partial charge in [-0.3, -0.25) is 0 Å². The van der Waals surface area contributed by atoms with Crippen LogP contribution in [0.1, 0.15) is 39.5 Å². The predicted octanol–water partition coefficient (Wildman–Crippen LogP) is 2.94. The molecule has 0 aromatic carbocycles. The van der Waals surface area contributed by atoms with Crippen LogP contribution in [0.2, 0.25) is 0 Å². The van der Waals surface area contributed by atoms with E-state index in [1.165, 1.54) is 12.8 Å². The van der Waals surface area contributed by atoms with Crippen molar-refractivity contribution in [2.45, 2.75) is 39.5 Å². The van der Waals surface area contributed by atoms with E-state index >= 15 is 0 Å². The SMILES string of the molecule is CCCCC(CC)C[P+](=O)O.[Nd]. The molecule has 0 aliphatic carbocycles. The van der Waals surface area contributed by atoms with E-state index in [1.54, 1.807) is 0 Å². The van der Waals surface area contributed by atoms with Crippen LogP contribution in [0.15, 0.2) is 0 Å².